The lowest BCUT2D eigenvalue weighted by molar-refractivity contribution is -0.148. The van der Waals surface area contributed by atoms with E-state index < -0.39 is 40.7 Å². The number of amides is 1. The van der Waals surface area contributed by atoms with E-state index in [0.29, 0.717) is 37.9 Å². The first-order valence-electron chi connectivity index (χ1n) is 11.7. The van der Waals surface area contributed by atoms with Gasteiger partial charge in [0.15, 0.2) is 0 Å². The molecule has 4 rings (SSSR count). The highest BCUT2D eigenvalue weighted by molar-refractivity contribution is 5.83. The molecule has 2 aliphatic rings. The Morgan fingerprint density at radius 3 is 2.11 bits per heavy atom. The second-order valence-corrected chi connectivity index (χ2v) is 9.53. The van der Waals surface area contributed by atoms with E-state index in [-0.39, 0.29) is 30.7 Å². The zero-order chi connectivity index (χ0) is 27.1. The van der Waals surface area contributed by atoms with Crippen LogP contribution in [0.5, 0.6) is 0 Å². The van der Waals surface area contributed by atoms with E-state index in [2.05, 4.69) is 11.4 Å². The number of alkyl halides is 6. The largest absolute Gasteiger partial charge is 0.416 e. The first-order valence-corrected chi connectivity index (χ1v) is 11.7. The van der Waals surface area contributed by atoms with Crippen LogP contribution in [0, 0.1) is 11.3 Å². The van der Waals surface area contributed by atoms with Crippen LogP contribution in [-0.4, -0.2) is 36.0 Å². The maximum atomic E-state index is 13.3. The van der Waals surface area contributed by atoms with E-state index in [9.17, 15) is 36.4 Å². The van der Waals surface area contributed by atoms with Crippen molar-refractivity contribution < 1.29 is 35.9 Å². The fraction of sp³-hybridized carbons (Fsp3) is 0.462. The van der Waals surface area contributed by atoms with Gasteiger partial charge in [0.05, 0.1) is 35.4 Å². The number of carbonyl (C=O) groups excluding carboxylic acids is 1. The lowest BCUT2D eigenvalue weighted by Gasteiger charge is -2.51. The molecule has 2 heterocycles. The highest BCUT2D eigenvalue weighted by Crippen LogP contribution is 2.41. The molecule has 2 aliphatic heterocycles. The van der Waals surface area contributed by atoms with Crippen molar-refractivity contribution in [2.24, 2.45) is 0 Å². The van der Waals surface area contributed by atoms with Crippen LogP contribution in [0.3, 0.4) is 0 Å². The fourth-order valence-corrected chi connectivity index (χ4v) is 4.85. The van der Waals surface area contributed by atoms with Gasteiger partial charge in [0, 0.05) is 19.5 Å². The Kier molecular flexibility index (Phi) is 7.03. The van der Waals surface area contributed by atoms with E-state index in [1.54, 1.807) is 17.0 Å². The summed E-state index contributed by atoms with van der Waals surface area (Å²) in [4.78, 5) is 13.6. The molecule has 0 unspecified atom stereocenters. The summed E-state index contributed by atoms with van der Waals surface area (Å²) in [5.41, 5.74) is -4.15. The third-order valence-corrected chi connectivity index (χ3v) is 7.25. The molecule has 0 aliphatic carbocycles. The van der Waals surface area contributed by atoms with Crippen LogP contribution >= 0.6 is 0 Å². The molecule has 1 N–H and O–H groups in total. The molecule has 11 heteroatoms. The highest BCUT2D eigenvalue weighted by Gasteiger charge is 2.51. The van der Waals surface area contributed by atoms with Crippen LogP contribution in [0.15, 0.2) is 48.5 Å². The summed E-state index contributed by atoms with van der Waals surface area (Å²) in [5, 5.41) is 13.2. The first kappa shape index (κ1) is 26.9. The molecule has 2 fully saturated rings. The number of carbonyl (C=O) groups is 1. The van der Waals surface area contributed by atoms with Gasteiger partial charge in [0.2, 0.25) is 5.91 Å². The SMILES string of the molecule is C[C@@H](OC[C@]1(c2ccccc2)CC[C@](C#N)(N2CCC2=O)CN1)c1cc(C(F)(F)F)cc(C(F)(F)F)c1. The van der Waals surface area contributed by atoms with Crippen molar-refractivity contribution in [3.63, 3.8) is 0 Å². The highest BCUT2D eigenvalue weighted by atomic mass is 19.4. The minimum atomic E-state index is -4.96. The summed E-state index contributed by atoms with van der Waals surface area (Å²) >= 11 is 0. The molecule has 0 aromatic heterocycles. The Bertz CT molecular complexity index is 1150. The van der Waals surface area contributed by atoms with Crippen LogP contribution in [0.4, 0.5) is 26.3 Å². The predicted octanol–water partition coefficient (Wildman–Crippen LogP) is 5.58. The van der Waals surface area contributed by atoms with Gasteiger partial charge in [-0.15, -0.1) is 0 Å². The zero-order valence-corrected chi connectivity index (χ0v) is 19.9. The van der Waals surface area contributed by atoms with E-state index in [4.69, 9.17) is 4.74 Å². The van der Waals surface area contributed by atoms with Crippen LogP contribution in [0.2, 0.25) is 0 Å². The smallest absolute Gasteiger partial charge is 0.372 e. The van der Waals surface area contributed by atoms with Gasteiger partial charge in [-0.1, -0.05) is 30.3 Å². The fourth-order valence-electron chi connectivity index (χ4n) is 4.85. The molecule has 5 nitrogen and oxygen atoms in total. The number of likely N-dealkylation sites (tertiary alicyclic amines) is 1. The molecule has 198 valence electrons. The number of nitrogens with one attached hydrogen (secondary N) is 1. The number of hydrogen-bond acceptors (Lipinski definition) is 4. The summed E-state index contributed by atoms with van der Waals surface area (Å²) in [6.07, 6.45) is -9.94. The van der Waals surface area contributed by atoms with Crippen molar-refractivity contribution >= 4 is 5.91 Å². The number of piperidine rings is 1. The van der Waals surface area contributed by atoms with Gasteiger partial charge in [-0.3, -0.25) is 4.79 Å². The topological polar surface area (TPSA) is 65.4 Å². The molecule has 0 radical (unpaired) electrons. The third kappa shape index (κ3) is 5.31. The molecule has 3 atom stereocenters. The van der Waals surface area contributed by atoms with Crippen molar-refractivity contribution in [1.29, 1.82) is 5.26 Å². The average molecular weight is 525 g/mol. The van der Waals surface area contributed by atoms with Gasteiger partial charge in [-0.25, -0.2) is 0 Å². The third-order valence-electron chi connectivity index (χ3n) is 7.25. The van der Waals surface area contributed by atoms with Crippen molar-refractivity contribution in [2.45, 2.75) is 55.7 Å². The molecule has 0 saturated carbocycles. The van der Waals surface area contributed by atoms with Gasteiger partial charge < -0.3 is 15.0 Å². The summed E-state index contributed by atoms with van der Waals surface area (Å²) in [5.74, 6) is -0.106. The molecule has 2 aromatic rings. The monoisotopic (exact) mass is 525 g/mol. The molecule has 1 amide bonds. The normalized spacial score (nSPS) is 25.4. The number of rotatable bonds is 6. The number of β-lactam (4-membered cyclic amide) rings is 1. The number of hydrogen-bond donors (Lipinski definition) is 1. The van der Waals surface area contributed by atoms with Gasteiger partial charge in [-0.2, -0.15) is 31.6 Å². The first-order chi connectivity index (χ1) is 17.3. The van der Waals surface area contributed by atoms with Gasteiger partial charge in [0.25, 0.3) is 0 Å². The second kappa shape index (κ2) is 9.65. The van der Waals surface area contributed by atoms with E-state index in [1.807, 2.05) is 18.2 Å². The Morgan fingerprint density at radius 1 is 1.05 bits per heavy atom. The maximum absolute atomic E-state index is 13.3. The minimum Gasteiger partial charge on any atom is -0.372 e. The molecule has 0 bridgehead atoms. The summed E-state index contributed by atoms with van der Waals surface area (Å²) in [6, 6.07) is 12.8. The number of nitrogens with zero attached hydrogens (tertiary/aromatic N) is 2. The van der Waals surface area contributed by atoms with Crippen molar-refractivity contribution in [1.82, 2.24) is 10.2 Å². The molecule has 37 heavy (non-hydrogen) atoms. The lowest BCUT2D eigenvalue weighted by atomic mass is 9.75. The Balaban J connectivity index is 1.59. The molecular formula is C26H25F6N3O2. The van der Waals surface area contributed by atoms with E-state index >= 15 is 0 Å². The van der Waals surface area contributed by atoms with Crippen LogP contribution in [0.1, 0.15) is 54.5 Å². The number of benzene rings is 2. The van der Waals surface area contributed by atoms with E-state index in [1.165, 1.54) is 6.92 Å². The molecule has 0 spiro atoms. The Hall–Kier alpha value is -3.10. The standard InChI is InChI=1S/C26H25F6N3O2/c1-17(18-11-20(25(27,28)29)13-21(12-18)26(30,31)32)37-16-24(19-5-3-2-4-6-19)9-8-23(14-33,15-34-24)35-10-7-22(35)36/h2-6,11-13,17,34H,7-10,15-16H2,1H3/t17-,23-,24+/m1/s1. The number of nitriles is 1. The van der Waals surface area contributed by atoms with Crippen LogP contribution in [-0.2, 0) is 27.4 Å². The zero-order valence-electron chi connectivity index (χ0n) is 19.9. The van der Waals surface area contributed by atoms with Crippen molar-refractivity contribution in [2.75, 3.05) is 19.7 Å². The second-order valence-electron chi connectivity index (χ2n) is 9.53. The molecular weight excluding hydrogens is 500 g/mol. The summed E-state index contributed by atoms with van der Waals surface area (Å²) < 4.78 is 85.8. The minimum absolute atomic E-state index is 0.0781. The van der Waals surface area contributed by atoms with Crippen LogP contribution < -0.4 is 5.32 Å². The van der Waals surface area contributed by atoms with E-state index in [0.717, 1.165) is 5.56 Å². The number of ether oxygens (including phenoxy) is 1. The average Bonchev–Trinajstić information content (AvgIpc) is 2.86. The van der Waals surface area contributed by atoms with Crippen molar-refractivity contribution in [3.8, 4) is 6.07 Å². The Labute approximate surface area is 210 Å². The van der Waals surface area contributed by atoms with Gasteiger partial charge in [-0.05, 0) is 49.1 Å². The molecule has 2 saturated heterocycles. The van der Waals surface area contributed by atoms with Gasteiger partial charge >= 0.3 is 12.4 Å². The number of halogens is 6. The molecule has 2 aromatic carbocycles. The van der Waals surface area contributed by atoms with Gasteiger partial charge in [0.1, 0.15) is 5.54 Å². The quantitative estimate of drug-likeness (QED) is 0.395. The predicted molar refractivity (Wildman–Crippen MR) is 121 cm³/mol. The summed E-state index contributed by atoms with van der Waals surface area (Å²) in [6.45, 7) is 1.95. The Morgan fingerprint density at radius 2 is 1.68 bits per heavy atom. The lowest BCUT2D eigenvalue weighted by Crippen LogP contribution is -2.67. The summed E-state index contributed by atoms with van der Waals surface area (Å²) in [7, 11) is 0. The van der Waals surface area contributed by atoms with Crippen molar-refractivity contribution in [3.05, 3.63) is 70.8 Å². The van der Waals surface area contributed by atoms with Crippen LogP contribution in [0.25, 0.3) is 0 Å². The maximum Gasteiger partial charge on any atom is 0.416 e.